The molecule has 3 fully saturated rings. The molecule has 0 radical (unpaired) electrons. The summed E-state index contributed by atoms with van der Waals surface area (Å²) in [7, 11) is 2.14. The molecule has 138 valence electrons. The Morgan fingerprint density at radius 3 is 2.46 bits per heavy atom. The number of fused-ring (bicyclic) bond motifs is 2. The maximum Gasteiger partial charge on any atom is 0.225 e. The van der Waals surface area contributed by atoms with Crippen LogP contribution in [-0.4, -0.2) is 65.9 Å². The van der Waals surface area contributed by atoms with Gasteiger partial charge in [0.05, 0.1) is 5.41 Å². The molecule has 7 heteroatoms. The smallest absolute Gasteiger partial charge is 0.225 e. The van der Waals surface area contributed by atoms with Crippen molar-refractivity contribution in [2.24, 2.45) is 11.3 Å². The standard InChI is InChI=1S/C10H10O3.C9H14N4/c1-6-7-2-8(12)4-10(3-7,5-11)9(6)13;1-12-5-7-13(8-6-12)9-10-3-2-4-11-9/h5,7H,1-4H2;2-4H,5-8H2,1H3. The average Bonchev–Trinajstić information content (AvgIpc) is 2.84. The van der Waals surface area contributed by atoms with Gasteiger partial charge in [-0.05, 0) is 31.0 Å². The highest BCUT2D eigenvalue weighted by Gasteiger charge is 2.53. The zero-order chi connectivity index (χ0) is 18.7. The molecule has 2 heterocycles. The summed E-state index contributed by atoms with van der Waals surface area (Å²) in [6.45, 7) is 7.89. The number of allylic oxidation sites excluding steroid dienone is 1. The fraction of sp³-hybridized carbons (Fsp3) is 0.526. The first-order chi connectivity index (χ1) is 12.4. The first kappa shape index (κ1) is 18.4. The molecule has 26 heavy (non-hydrogen) atoms. The van der Waals surface area contributed by atoms with E-state index in [9.17, 15) is 14.4 Å². The number of likely N-dealkylation sites (N-methyl/N-ethyl adjacent to an activating group) is 1. The number of aldehydes is 1. The summed E-state index contributed by atoms with van der Waals surface area (Å²) in [6.07, 6.45) is 5.20. The molecule has 1 aliphatic heterocycles. The number of hydrogen-bond acceptors (Lipinski definition) is 7. The molecule has 0 amide bonds. The summed E-state index contributed by atoms with van der Waals surface area (Å²) >= 11 is 0. The van der Waals surface area contributed by atoms with Crippen LogP contribution < -0.4 is 4.90 Å². The third kappa shape index (κ3) is 3.58. The van der Waals surface area contributed by atoms with Crippen molar-refractivity contribution in [3.8, 4) is 0 Å². The molecule has 1 aromatic rings. The quantitative estimate of drug-likeness (QED) is 0.442. The fourth-order valence-electron chi connectivity index (χ4n) is 3.81. The van der Waals surface area contributed by atoms with Crippen molar-refractivity contribution in [3.63, 3.8) is 0 Å². The van der Waals surface area contributed by atoms with Crippen LogP contribution in [0.25, 0.3) is 0 Å². The number of nitrogens with zero attached hydrogens (tertiary/aromatic N) is 4. The van der Waals surface area contributed by atoms with E-state index in [-0.39, 0.29) is 23.9 Å². The SMILES string of the molecule is C=C1C(=O)C2(C=O)CC(=O)CC1C2.CN1CCN(c2ncccn2)CC1. The van der Waals surface area contributed by atoms with Crippen molar-refractivity contribution < 1.29 is 14.4 Å². The van der Waals surface area contributed by atoms with Crippen LogP contribution in [-0.2, 0) is 14.4 Å². The Kier molecular flexibility index (Phi) is 5.27. The highest BCUT2D eigenvalue weighted by atomic mass is 16.2. The summed E-state index contributed by atoms with van der Waals surface area (Å²) < 4.78 is 0. The average molecular weight is 356 g/mol. The highest BCUT2D eigenvalue weighted by Crippen LogP contribution is 2.48. The molecule has 1 saturated heterocycles. The van der Waals surface area contributed by atoms with Gasteiger partial charge in [-0.2, -0.15) is 0 Å². The maximum atomic E-state index is 11.6. The van der Waals surface area contributed by atoms with Crippen molar-refractivity contribution in [2.75, 3.05) is 38.1 Å². The van der Waals surface area contributed by atoms with Crippen LogP contribution in [0.15, 0.2) is 30.6 Å². The van der Waals surface area contributed by atoms with Crippen LogP contribution in [0.1, 0.15) is 19.3 Å². The number of carbonyl (C=O) groups is 3. The van der Waals surface area contributed by atoms with Gasteiger partial charge in [0.2, 0.25) is 5.95 Å². The second-order valence-electron chi connectivity index (χ2n) is 7.29. The number of carbonyl (C=O) groups excluding carboxylic acids is 3. The van der Waals surface area contributed by atoms with Gasteiger partial charge in [0.15, 0.2) is 5.78 Å². The van der Waals surface area contributed by atoms with Gasteiger partial charge in [0.25, 0.3) is 0 Å². The molecule has 4 rings (SSSR count). The van der Waals surface area contributed by atoms with Crippen molar-refractivity contribution >= 4 is 23.8 Å². The monoisotopic (exact) mass is 356 g/mol. The summed E-state index contributed by atoms with van der Waals surface area (Å²) in [4.78, 5) is 46.6. The van der Waals surface area contributed by atoms with Gasteiger partial charge in [-0.1, -0.05) is 6.58 Å². The van der Waals surface area contributed by atoms with E-state index < -0.39 is 5.41 Å². The van der Waals surface area contributed by atoms with Gasteiger partial charge in [-0.25, -0.2) is 9.97 Å². The Labute approximate surface area is 153 Å². The first-order valence-corrected chi connectivity index (χ1v) is 8.87. The number of rotatable bonds is 2. The third-order valence-corrected chi connectivity index (χ3v) is 5.40. The number of aromatic nitrogens is 2. The van der Waals surface area contributed by atoms with Gasteiger partial charge < -0.3 is 14.6 Å². The number of hydrogen-bond donors (Lipinski definition) is 0. The van der Waals surface area contributed by atoms with Gasteiger partial charge in [0, 0.05) is 51.4 Å². The lowest BCUT2D eigenvalue weighted by Crippen LogP contribution is -2.45. The molecule has 1 aromatic heterocycles. The molecule has 0 N–H and O–H groups in total. The predicted molar refractivity (Wildman–Crippen MR) is 96.7 cm³/mol. The third-order valence-electron chi connectivity index (χ3n) is 5.40. The van der Waals surface area contributed by atoms with E-state index in [1.807, 2.05) is 6.07 Å². The van der Waals surface area contributed by atoms with Crippen LogP contribution in [0.3, 0.4) is 0 Å². The second-order valence-corrected chi connectivity index (χ2v) is 7.29. The number of ketones is 2. The summed E-state index contributed by atoms with van der Waals surface area (Å²) in [5, 5.41) is 0. The minimum atomic E-state index is -1.03. The van der Waals surface area contributed by atoms with Gasteiger partial charge in [0.1, 0.15) is 12.1 Å². The molecule has 2 unspecified atom stereocenters. The van der Waals surface area contributed by atoms with Crippen LogP contribution in [0.2, 0.25) is 0 Å². The Bertz CT molecular complexity index is 713. The Morgan fingerprint density at radius 1 is 1.19 bits per heavy atom. The largest absolute Gasteiger partial charge is 0.338 e. The lowest BCUT2D eigenvalue weighted by atomic mass is 9.76. The summed E-state index contributed by atoms with van der Waals surface area (Å²) in [5.41, 5.74) is -0.560. The van der Waals surface area contributed by atoms with Crippen LogP contribution in [0.5, 0.6) is 0 Å². The zero-order valence-electron chi connectivity index (χ0n) is 15.1. The summed E-state index contributed by atoms with van der Waals surface area (Å²) in [6, 6.07) is 1.85. The minimum absolute atomic E-state index is 0.00958. The van der Waals surface area contributed by atoms with E-state index in [1.54, 1.807) is 12.4 Å². The van der Waals surface area contributed by atoms with E-state index in [2.05, 4.69) is 33.4 Å². The number of Topliss-reactive ketones (excluding diaryl/α,β-unsaturated/α-hetero) is 2. The van der Waals surface area contributed by atoms with Crippen molar-refractivity contribution in [3.05, 3.63) is 30.6 Å². The highest BCUT2D eigenvalue weighted by molar-refractivity contribution is 6.14. The molecule has 0 aromatic carbocycles. The van der Waals surface area contributed by atoms with Crippen molar-refractivity contribution in [2.45, 2.75) is 19.3 Å². The zero-order valence-corrected chi connectivity index (χ0v) is 15.1. The lowest BCUT2D eigenvalue weighted by Gasteiger charge is -2.32. The molecule has 2 aliphatic carbocycles. The van der Waals surface area contributed by atoms with Crippen molar-refractivity contribution in [1.82, 2.24) is 14.9 Å². The molecular weight excluding hydrogens is 332 g/mol. The Hall–Kier alpha value is -2.41. The molecule has 2 bridgehead atoms. The van der Waals surface area contributed by atoms with Gasteiger partial charge in [-0.3, -0.25) is 9.59 Å². The van der Waals surface area contributed by atoms with Crippen LogP contribution in [0, 0.1) is 11.3 Å². The fourth-order valence-corrected chi connectivity index (χ4v) is 3.81. The predicted octanol–water partition coefficient (Wildman–Crippen LogP) is 0.908. The van der Waals surface area contributed by atoms with Gasteiger partial charge in [-0.15, -0.1) is 0 Å². The molecule has 0 spiro atoms. The summed E-state index contributed by atoms with van der Waals surface area (Å²) in [5.74, 6) is 0.586. The molecule has 2 saturated carbocycles. The Balaban J connectivity index is 0.000000151. The van der Waals surface area contributed by atoms with Gasteiger partial charge >= 0.3 is 0 Å². The first-order valence-electron chi connectivity index (χ1n) is 8.87. The normalized spacial score (nSPS) is 28.6. The van der Waals surface area contributed by atoms with Crippen LogP contribution >= 0.6 is 0 Å². The number of piperazine rings is 1. The molecule has 2 atom stereocenters. The van der Waals surface area contributed by atoms with Crippen LogP contribution in [0.4, 0.5) is 5.95 Å². The second kappa shape index (κ2) is 7.45. The Morgan fingerprint density at radius 2 is 1.85 bits per heavy atom. The molecule has 3 aliphatic rings. The van der Waals surface area contributed by atoms with E-state index >= 15 is 0 Å². The minimum Gasteiger partial charge on any atom is -0.338 e. The van der Waals surface area contributed by atoms with E-state index in [1.165, 1.54) is 0 Å². The van der Waals surface area contributed by atoms with Crippen molar-refractivity contribution in [1.29, 1.82) is 0 Å². The topological polar surface area (TPSA) is 83.5 Å². The maximum absolute atomic E-state index is 11.6. The van der Waals surface area contributed by atoms with E-state index in [4.69, 9.17) is 0 Å². The number of anilines is 1. The molecule has 7 nitrogen and oxygen atoms in total. The van der Waals surface area contributed by atoms with E-state index in [0.717, 1.165) is 32.1 Å². The van der Waals surface area contributed by atoms with E-state index in [0.29, 0.717) is 24.7 Å². The lowest BCUT2D eigenvalue weighted by molar-refractivity contribution is -0.137. The molecular formula is C19H24N4O3.